The van der Waals surface area contributed by atoms with Gasteiger partial charge in [-0.3, -0.25) is 0 Å². The van der Waals surface area contributed by atoms with Crippen molar-refractivity contribution in [3.8, 4) is 28.6 Å². The molecule has 0 aliphatic carbocycles. The zero-order valence-electron chi connectivity index (χ0n) is 12.3. The smallest absolute Gasteiger partial charge is 0.258 e. The van der Waals surface area contributed by atoms with Gasteiger partial charge in [0.05, 0.1) is 10.6 Å². The van der Waals surface area contributed by atoms with Gasteiger partial charge in [0.2, 0.25) is 5.82 Å². The van der Waals surface area contributed by atoms with Crippen LogP contribution in [0.2, 0.25) is 0 Å². The molecule has 0 bridgehead atoms. The van der Waals surface area contributed by atoms with Crippen LogP contribution >= 0.6 is 15.9 Å². The molecule has 0 aliphatic heterocycles. The van der Waals surface area contributed by atoms with Crippen molar-refractivity contribution in [3.63, 3.8) is 0 Å². The van der Waals surface area contributed by atoms with Crippen molar-refractivity contribution in [1.82, 2.24) is 10.1 Å². The molecule has 0 radical (unpaired) electrons. The van der Waals surface area contributed by atoms with Gasteiger partial charge >= 0.3 is 0 Å². The van der Waals surface area contributed by atoms with Crippen LogP contribution in [0.5, 0.6) is 5.75 Å². The van der Waals surface area contributed by atoms with Gasteiger partial charge in [-0.15, -0.1) is 0 Å². The Bertz CT molecular complexity index is 769. The van der Waals surface area contributed by atoms with Gasteiger partial charge in [0.15, 0.2) is 0 Å². The van der Waals surface area contributed by atoms with Crippen LogP contribution in [0.4, 0.5) is 0 Å². The molecule has 0 aliphatic rings. The highest BCUT2D eigenvalue weighted by atomic mass is 79.9. The molecular weight excluding hydrogens is 344 g/mol. The average Bonchev–Trinajstić information content (AvgIpc) is 3.00. The topological polar surface area (TPSA) is 48.2 Å². The van der Waals surface area contributed by atoms with Crippen LogP contribution in [0.15, 0.2) is 57.5 Å². The molecule has 1 heterocycles. The van der Waals surface area contributed by atoms with Gasteiger partial charge < -0.3 is 9.26 Å². The molecule has 1 aromatic heterocycles. The number of hydrogen-bond acceptors (Lipinski definition) is 4. The summed E-state index contributed by atoms with van der Waals surface area (Å²) in [5.41, 5.74) is 1.77. The van der Waals surface area contributed by atoms with Crippen molar-refractivity contribution in [2.75, 3.05) is 0 Å². The molecule has 22 heavy (non-hydrogen) atoms. The molecule has 0 unspecified atom stereocenters. The fourth-order valence-electron chi connectivity index (χ4n) is 2.03. The van der Waals surface area contributed by atoms with E-state index in [0.29, 0.717) is 11.7 Å². The minimum absolute atomic E-state index is 0.122. The van der Waals surface area contributed by atoms with E-state index in [4.69, 9.17) is 9.26 Å². The number of nitrogens with zero attached hydrogens (tertiary/aromatic N) is 2. The quantitative estimate of drug-likeness (QED) is 0.661. The molecule has 2 aromatic carbocycles. The van der Waals surface area contributed by atoms with Gasteiger partial charge in [0.1, 0.15) is 5.75 Å². The van der Waals surface area contributed by atoms with Crippen LogP contribution in [0.1, 0.15) is 13.8 Å². The predicted octanol–water partition coefficient (Wildman–Crippen LogP) is 4.95. The number of aromatic nitrogens is 2. The number of halogens is 1. The highest BCUT2D eigenvalue weighted by molar-refractivity contribution is 9.10. The fourth-order valence-corrected chi connectivity index (χ4v) is 2.50. The van der Waals surface area contributed by atoms with E-state index in [2.05, 4.69) is 26.1 Å². The Morgan fingerprint density at radius 2 is 1.82 bits per heavy atom. The summed E-state index contributed by atoms with van der Waals surface area (Å²) >= 11 is 3.51. The first kappa shape index (κ1) is 14.8. The minimum atomic E-state index is 0.122. The predicted molar refractivity (Wildman–Crippen MR) is 88.6 cm³/mol. The van der Waals surface area contributed by atoms with E-state index in [9.17, 15) is 0 Å². The lowest BCUT2D eigenvalue weighted by Gasteiger charge is -2.11. The van der Waals surface area contributed by atoms with Crippen molar-refractivity contribution in [2.45, 2.75) is 20.0 Å². The van der Waals surface area contributed by atoms with E-state index in [1.54, 1.807) is 0 Å². The Morgan fingerprint density at radius 1 is 1.05 bits per heavy atom. The summed E-state index contributed by atoms with van der Waals surface area (Å²) in [6.07, 6.45) is 0.122. The van der Waals surface area contributed by atoms with Crippen LogP contribution in [-0.2, 0) is 0 Å². The molecule has 0 fully saturated rings. The summed E-state index contributed by atoms with van der Waals surface area (Å²) in [5, 5.41) is 4.05. The van der Waals surface area contributed by atoms with Crippen LogP contribution in [-0.4, -0.2) is 16.2 Å². The molecule has 3 rings (SSSR count). The molecule has 0 atom stereocenters. The normalized spacial score (nSPS) is 10.9. The second-order valence-electron chi connectivity index (χ2n) is 5.10. The van der Waals surface area contributed by atoms with Crippen molar-refractivity contribution < 1.29 is 9.26 Å². The molecule has 5 heteroatoms. The Balaban J connectivity index is 1.89. The van der Waals surface area contributed by atoms with Crippen molar-refractivity contribution in [3.05, 3.63) is 53.0 Å². The molecule has 0 N–H and O–H groups in total. The second-order valence-corrected chi connectivity index (χ2v) is 5.96. The third kappa shape index (κ3) is 3.20. The summed E-state index contributed by atoms with van der Waals surface area (Å²) in [6, 6.07) is 15.4. The van der Waals surface area contributed by atoms with Gasteiger partial charge in [-0.05, 0) is 60.1 Å². The van der Waals surface area contributed by atoms with Crippen molar-refractivity contribution in [1.29, 1.82) is 0 Å². The largest absolute Gasteiger partial charge is 0.490 e. The summed E-state index contributed by atoms with van der Waals surface area (Å²) in [5.74, 6) is 1.86. The zero-order chi connectivity index (χ0) is 15.5. The lowest BCUT2D eigenvalue weighted by Crippen LogP contribution is -2.05. The van der Waals surface area contributed by atoms with E-state index in [0.717, 1.165) is 21.3 Å². The van der Waals surface area contributed by atoms with E-state index in [1.165, 1.54) is 0 Å². The maximum Gasteiger partial charge on any atom is 0.258 e. The van der Waals surface area contributed by atoms with Gasteiger partial charge in [0, 0.05) is 11.1 Å². The summed E-state index contributed by atoms with van der Waals surface area (Å²) in [7, 11) is 0. The summed E-state index contributed by atoms with van der Waals surface area (Å²) in [4.78, 5) is 4.44. The Kier molecular flexibility index (Phi) is 4.24. The second kappa shape index (κ2) is 6.32. The van der Waals surface area contributed by atoms with Gasteiger partial charge in [0.25, 0.3) is 5.89 Å². The van der Waals surface area contributed by atoms with E-state index < -0.39 is 0 Å². The maximum atomic E-state index is 5.70. The van der Waals surface area contributed by atoms with E-state index in [1.807, 2.05) is 62.4 Å². The lowest BCUT2D eigenvalue weighted by molar-refractivity contribution is 0.241. The highest BCUT2D eigenvalue weighted by Gasteiger charge is 2.12. The Hall–Kier alpha value is -2.14. The Morgan fingerprint density at radius 3 is 2.50 bits per heavy atom. The molecule has 0 saturated heterocycles. The number of rotatable bonds is 4. The third-order valence-electron chi connectivity index (χ3n) is 3.00. The molecule has 0 saturated carbocycles. The van der Waals surface area contributed by atoms with Crippen LogP contribution in [0.25, 0.3) is 22.8 Å². The van der Waals surface area contributed by atoms with Crippen LogP contribution < -0.4 is 4.74 Å². The first-order chi connectivity index (χ1) is 10.6. The molecule has 4 nitrogen and oxygen atoms in total. The van der Waals surface area contributed by atoms with Crippen molar-refractivity contribution >= 4 is 15.9 Å². The van der Waals surface area contributed by atoms with E-state index in [-0.39, 0.29) is 6.10 Å². The summed E-state index contributed by atoms with van der Waals surface area (Å²) < 4.78 is 11.9. The number of ether oxygens (including phenoxy) is 1. The van der Waals surface area contributed by atoms with Crippen LogP contribution in [0.3, 0.4) is 0 Å². The number of benzene rings is 2. The summed E-state index contributed by atoms with van der Waals surface area (Å²) in [6.45, 7) is 3.98. The Labute approximate surface area is 137 Å². The van der Waals surface area contributed by atoms with Gasteiger partial charge in [-0.25, -0.2) is 0 Å². The molecule has 3 aromatic rings. The van der Waals surface area contributed by atoms with Gasteiger partial charge in [-0.1, -0.05) is 23.4 Å². The third-order valence-corrected chi connectivity index (χ3v) is 3.62. The SMILES string of the molecule is CC(C)Oc1ccc(-c2noc(-c3ccccc3)n2)cc1Br. The zero-order valence-corrected chi connectivity index (χ0v) is 13.9. The highest BCUT2D eigenvalue weighted by Crippen LogP contribution is 2.31. The average molecular weight is 359 g/mol. The molecule has 112 valence electrons. The standard InChI is InChI=1S/C17H15BrN2O2/c1-11(2)21-15-9-8-13(10-14(15)18)16-19-17(22-20-16)12-6-4-3-5-7-12/h3-11H,1-2H3. The van der Waals surface area contributed by atoms with E-state index >= 15 is 0 Å². The maximum absolute atomic E-state index is 5.70. The number of hydrogen-bond donors (Lipinski definition) is 0. The lowest BCUT2D eigenvalue weighted by atomic mass is 10.2. The molecular formula is C17H15BrN2O2. The van der Waals surface area contributed by atoms with Gasteiger partial charge in [-0.2, -0.15) is 4.98 Å². The minimum Gasteiger partial charge on any atom is -0.490 e. The monoisotopic (exact) mass is 358 g/mol. The van der Waals surface area contributed by atoms with Crippen molar-refractivity contribution in [2.24, 2.45) is 0 Å². The first-order valence-electron chi connectivity index (χ1n) is 6.99. The first-order valence-corrected chi connectivity index (χ1v) is 7.78. The van der Waals surface area contributed by atoms with Crippen LogP contribution in [0, 0.1) is 0 Å². The fraction of sp³-hybridized carbons (Fsp3) is 0.176. The molecule has 0 amide bonds. The molecule has 0 spiro atoms.